The van der Waals surface area contributed by atoms with Gasteiger partial charge < -0.3 is 5.32 Å². The third-order valence-electron chi connectivity index (χ3n) is 10.6. The molecule has 0 aliphatic heterocycles. The highest BCUT2D eigenvalue weighted by Gasteiger charge is 2.16. The molecule has 10 rings (SSSR count). The van der Waals surface area contributed by atoms with Gasteiger partial charge in [0.1, 0.15) is 0 Å². The first-order chi connectivity index (χ1) is 27.2. The molecule has 0 amide bonds. The molecule has 1 nitrogen and oxygen atoms in total. The minimum atomic E-state index is 1.07. The van der Waals surface area contributed by atoms with E-state index in [2.05, 4.69) is 212 Å². The van der Waals surface area contributed by atoms with Gasteiger partial charge in [-0.3, -0.25) is 0 Å². The fourth-order valence-electron chi connectivity index (χ4n) is 7.57. The smallest absolute Gasteiger partial charge is 0.0440 e. The molecule has 264 valence electrons. The van der Waals surface area contributed by atoms with E-state index < -0.39 is 0 Å². The Bertz CT molecular complexity index is 2810. The Labute approximate surface area is 327 Å². The number of allylic oxidation sites excluding steroid dienone is 4. The van der Waals surface area contributed by atoms with Gasteiger partial charge in [0.15, 0.2) is 0 Å². The molecule has 9 aromatic rings. The van der Waals surface area contributed by atoms with Crippen LogP contribution in [0.25, 0.3) is 69.9 Å². The van der Waals surface area contributed by atoms with Crippen LogP contribution in [0.3, 0.4) is 0 Å². The van der Waals surface area contributed by atoms with Gasteiger partial charge in [-0.2, -0.15) is 0 Å². The lowest BCUT2D eigenvalue weighted by atomic mass is 9.91. The van der Waals surface area contributed by atoms with Crippen LogP contribution in [0.5, 0.6) is 0 Å². The molecule has 0 bridgehead atoms. The normalized spacial score (nSPS) is 12.5. The largest absolute Gasteiger partial charge is 0.356 e. The number of benzene rings is 8. The summed E-state index contributed by atoms with van der Waals surface area (Å²) in [6, 6.07) is 67.4. The van der Waals surface area contributed by atoms with Crippen LogP contribution in [0.4, 0.5) is 11.4 Å². The van der Waals surface area contributed by atoms with E-state index in [4.69, 9.17) is 0 Å². The Morgan fingerprint density at radius 2 is 1.04 bits per heavy atom. The first kappa shape index (κ1) is 34.3. The molecule has 0 saturated heterocycles. The Morgan fingerprint density at radius 3 is 1.75 bits per heavy atom. The molecule has 1 aromatic heterocycles. The second kappa shape index (κ2) is 15.5. The quantitative estimate of drug-likeness (QED) is 0.180. The zero-order chi connectivity index (χ0) is 37.0. The molecular formula is C53H41NS. The number of thiophene rings is 1. The third kappa shape index (κ3) is 7.38. The van der Waals surface area contributed by atoms with Crippen molar-refractivity contribution < 1.29 is 0 Å². The van der Waals surface area contributed by atoms with Crippen LogP contribution < -0.4 is 5.32 Å². The molecule has 0 fully saturated rings. The topological polar surface area (TPSA) is 12.0 Å². The van der Waals surface area contributed by atoms with E-state index in [1.54, 1.807) is 0 Å². The molecule has 8 aromatic carbocycles. The SMILES string of the molecule is CC1=CC=C(c2ccccc2)CC1.c1ccc(-c2ccc(Nc3ccc(-c4ccc5c(sc6ccccc65)c4-c4ccc5ccccc5c4)cc3)cc2)cc1. The Hall–Kier alpha value is -6.48. The number of nitrogens with one attached hydrogen (secondary N) is 1. The van der Waals surface area contributed by atoms with Crippen LogP contribution in [0.1, 0.15) is 25.3 Å². The average Bonchev–Trinajstić information content (AvgIpc) is 3.64. The molecule has 0 saturated carbocycles. The van der Waals surface area contributed by atoms with E-state index in [0.29, 0.717) is 0 Å². The molecule has 1 aliphatic carbocycles. The van der Waals surface area contributed by atoms with Gasteiger partial charge in [0.25, 0.3) is 0 Å². The molecule has 1 aliphatic rings. The fraction of sp³-hybridized carbons (Fsp3) is 0.0566. The number of hydrogen-bond donors (Lipinski definition) is 1. The first-order valence-electron chi connectivity index (χ1n) is 19.0. The van der Waals surface area contributed by atoms with Crippen LogP contribution in [-0.2, 0) is 0 Å². The van der Waals surface area contributed by atoms with E-state index in [9.17, 15) is 0 Å². The standard InChI is InChI=1S/C40H27NS.C13H14/c1-2-8-27(9-3-1)29-16-20-33(21-17-29)41-34-22-18-30(19-23-34)35-24-25-37-36-12-6-7-13-38(36)42-40(37)39(35)32-15-14-28-10-4-5-11-31(28)26-32;1-11-7-9-13(10-8-11)12-5-3-2-4-6-12/h1-26,41H;2-7,9H,8,10H2,1H3. The van der Waals surface area contributed by atoms with Gasteiger partial charge in [-0.15, -0.1) is 11.3 Å². The van der Waals surface area contributed by atoms with Gasteiger partial charge in [0.05, 0.1) is 0 Å². The molecule has 1 N–H and O–H groups in total. The summed E-state index contributed by atoms with van der Waals surface area (Å²) < 4.78 is 2.66. The molecule has 0 atom stereocenters. The third-order valence-corrected chi connectivity index (χ3v) is 11.8. The van der Waals surface area contributed by atoms with Gasteiger partial charge in [-0.05, 0) is 106 Å². The molecule has 2 heteroatoms. The van der Waals surface area contributed by atoms with Crippen molar-refractivity contribution in [3.05, 3.63) is 211 Å². The molecule has 0 unspecified atom stereocenters. The maximum absolute atomic E-state index is 3.58. The summed E-state index contributed by atoms with van der Waals surface area (Å²) in [4.78, 5) is 0. The van der Waals surface area contributed by atoms with Crippen molar-refractivity contribution in [2.45, 2.75) is 19.8 Å². The number of rotatable bonds is 6. The highest BCUT2D eigenvalue weighted by Crippen LogP contribution is 2.45. The lowest BCUT2D eigenvalue weighted by Gasteiger charge is -2.14. The lowest BCUT2D eigenvalue weighted by Crippen LogP contribution is -1.91. The summed E-state index contributed by atoms with van der Waals surface area (Å²) in [6.07, 6.45) is 6.87. The van der Waals surface area contributed by atoms with Crippen molar-refractivity contribution in [1.29, 1.82) is 0 Å². The van der Waals surface area contributed by atoms with E-state index in [0.717, 1.165) is 11.4 Å². The van der Waals surface area contributed by atoms with Crippen molar-refractivity contribution in [1.82, 2.24) is 0 Å². The summed E-state index contributed by atoms with van der Waals surface area (Å²) in [5.74, 6) is 0. The fourth-order valence-corrected chi connectivity index (χ4v) is 8.84. The zero-order valence-electron chi connectivity index (χ0n) is 30.9. The van der Waals surface area contributed by atoms with E-state index in [-0.39, 0.29) is 0 Å². The number of fused-ring (bicyclic) bond motifs is 4. The van der Waals surface area contributed by atoms with Crippen molar-refractivity contribution in [3.63, 3.8) is 0 Å². The van der Waals surface area contributed by atoms with E-state index >= 15 is 0 Å². The first-order valence-corrected chi connectivity index (χ1v) is 19.9. The van der Waals surface area contributed by atoms with Gasteiger partial charge in [-0.25, -0.2) is 0 Å². The summed E-state index contributed by atoms with van der Waals surface area (Å²) in [7, 11) is 0. The van der Waals surface area contributed by atoms with Crippen molar-refractivity contribution in [3.8, 4) is 33.4 Å². The van der Waals surface area contributed by atoms with Crippen molar-refractivity contribution in [2.75, 3.05) is 5.32 Å². The van der Waals surface area contributed by atoms with Crippen LogP contribution >= 0.6 is 11.3 Å². The predicted molar refractivity (Wildman–Crippen MR) is 240 cm³/mol. The summed E-state index contributed by atoms with van der Waals surface area (Å²) in [5, 5.41) is 8.74. The van der Waals surface area contributed by atoms with Crippen LogP contribution in [0.15, 0.2) is 206 Å². The highest BCUT2D eigenvalue weighted by atomic mass is 32.1. The van der Waals surface area contributed by atoms with Crippen LogP contribution in [0, 0.1) is 0 Å². The van der Waals surface area contributed by atoms with Gasteiger partial charge in [0.2, 0.25) is 0 Å². The van der Waals surface area contributed by atoms with Gasteiger partial charge in [0, 0.05) is 37.1 Å². The summed E-state index contributed by atoms with van der Waals surface area (Å²) in [6.45, 7) is 2.19. The summed E-state index contributed by atoms with van der Waals surface area (Å²) >= 11 is 1.89. The molecule has 1 heterocycles. The minimum Gasteiger partial charge on any atom is -0.356 e. The Kier molecular flexibility index (Phi) is 9.65. The predicted octanol–water partition coefficient (Wildman–Crippen LogP) is 15.8. The minimum absolute atomic E-state index is 1.07. The monoisotopic (exact) mass is 723 g/mol. The number of hydrogen-bond acceptors (Lipinski definition) is 2. The maximum Gasteiger partial charge on any atom is 0.0440 e. The van der Waals surface area contributed by atoms with E-state index in [1.807, 2.05) is 11.3 Å². The maximum atomic E-state index is 3.58. The van der Waals surface area contributed by atoms with Crippen molar-refractivity contribution in [2.24, 2.45) is 0 Å². The molecule has 0 spiro atoms. The Balaban J connectivity index is 0.000000258. The highest BCUT2D eigenvalue weighted by molar-refractivity contribution is 7.26. The van der Waals surface area contributed by atoms with Crippen molar-refractivity contribution >= 4 is 59.2 Å². The number of anilines is 2. The summed E-state index contributed by atoms with van der Waals surface area (Å²) in [5.41, 5.74) is 13.9. The zero-order valence-corrected chi connectivity index (χ0v) is 31.7. The second-order valence-electron chi connectivity index (χ2n) is 14.2. The van der Waals surface area contributed by atoms with E-state index in [1.165, 1.54) is 93.9 Å². The average molecular weight is 724 g/mol. The van der Waals surface area contributed by atoms with Crippen LogP contribution in [0.2, 0.25) is 0 Å². The molecular weight excluding hydrogens is 683 g/mol. The molecule has 55 heavy (non-hydrogen) atoms. The lowest BCUT2D eigenvalue weighted by molar-refractivity contribution is 0.977. The van der Waals surface area contributed by atoms with Crippen LogP contribution in [-0.4, -0.2) is 0 Å². The van der Waals surface area contributed by atoms with Gasteiger partial charge in [-0.1, -0.05) is 169 Å². The second-order valence-corrected chi connectivity index (χ2v) is 15.3. The molecule has 0 radical (unpaired) electrons. The Morgan fingerprint density at radius 1 is 0.436 bits per heavy atom. The van der Waals surface area contributed by atoms with Gasteiger partial charge >= 0.3 is 0 Å².